The number of halogens is 3. The number of hydrogen-bond donors (Lipinski definition) is 1. The molecule has 0 bridgehead atoms. The van der Waals surface area contributed by atoms with E-state index < -0.39 is 57.1 Å². The van der Waals surface area contributed by atoms with Crippen molar-refractivity contribution < 1.29 is 27.6 Å². The maximum atomic E-state index is 13.9. The number of aromatic nitrogens is 1. The highest BCUT2D eigenvalue weighted by atomic mass is 32.2. The number of imide groups is 1. The number of fused-ring (bicyclic) bond motifs is 2. The fourth-order valence-electron chi connectivity index (χ4n) is 5.22. The number of benzene rings is 2. The average Bonchev–Trinajstić information content (AvgIpc) is 3.62. The van der Waals surface area contributed by atoms with Gasteiger partial charge in [-0.1, -0.05) is 59.5 Å². The van der Waals surface area contributed by atoms with Gasteiger partial charge in [-0.15, -0.1) is 11.3 Å². The Labute approximate surface area is 243 Å². The van der Waals surface area contributed by atoms with Crippen molar-refractivity contribution in [3.8, 4) is 0 Å². The molecule has 0 unspecified atom stereocenters. The van der Waals surface area contributed by atoms with Crippen molar-refractivity contribution in [2.45, 2.75) is 35.8 Å². The van der Waals surface area contributed by atoms with E-state index in [2.05, 4.69) is 5.32 Å². The highest BCUT2D eigenvalue weighted by Gasteiger charge is 2.58. The molecular formula is C28H20F3N3O4S3. The minimum absolute atomic E-state index is 0.330. The maximum Gasteiger partial charge on any atom is 0.418 e. The molecule has 41 heavy (non-hydrogen) atoms. The molecule has 2 aromatic carbocycles. The van der Waals surface area contributed by atoms with Crippen LogP contribution in [0.2, 0.25) is 0 Å². The molecule has 2 aromatic heterocycles. The molecule has 1 saturated heterocycles. The number of nitrogens with one attached hydrogen (secondary N) is 1. The Balaban J connectivity index is 1.41. The van der Waals surface area contributed by atoms with E-state index in [1.165, 1.54) is 28.0 Å². The second-order valence-corrected chi connectivity index (χ2v) is 12.7. The number of anilines is 2. The largest absolute Gasteiger partial charge is 0.418 e. The van der Waals surface area contributed by atoms with Crippen molar-refractivity contribution in [1.29, 1.82) is 0 Å². The summed E-state index contributed by atoms with van der Waals surface area (Å²) in [6.45, 7) is 1.50. The normalized spacial score (nSPS) is 20.2. The Morgan fingerprint density at radius 1 is 0.976 bits per heavy atom. The zero-order valence-electron chi connectivity index (χ0n) is 21.2. The van der Waals surface area contributed by atoms with Gasteiger partial charge in [0.05, 0.1) is 22.2 Å². The third-order valence-corrected chi connectivity index (χ3v) is 10.6. The SMILES string of the molecule is Cc1ccccc1NC(=O)Cn1c2c(sc1=O)[C@@H](c1cccs1)[C@@H]1C(=O)N(c3ccccc3C(F)(F)F)C(=O)[C@@H]1S2. The molecule has 210 valence electrons. The Bertz CT molecular complexity index is 1750. The summed E-state index contributed by atoms with van der Waals surface area (Å²) in [6.07, 6.45) is -4.78. The number of para-hydroxylation sites is 2. The molecule has 3 amide bonds. The van der Waals surface area contributed by atoms with Crippen LogP contribution in [0, 0.1) is 12.8 Å². The standard InChI is InChI=1S/C28H20F3N3O4S3/c1-14-7-2-4-9-16(14)32-19(35)13-33-26-23(41-27(33)38)20(18-11-6-12-39-18)21-22(40-26)25(37)34(24(21)36)17-10-5-3-8-15(17)28(29,30)31/h2-12,20-22H,13H2,1H3,(H,32,35)/t20-,21-,22+/m0/s1. The first-order chi connectivity index (χ1) is 19.6. The summed E-state index contributed by atoms with van der Waals surface area (Å²) in [5.41, 5.74) is -0.176. The van der Waals surface area contributed by atoms with Crippen LogP contribution in [0.5, 0.6) is 0 Å². The van der Waals surface area contributed by atoms with Crippen LogP contribution in [0.3, 0.4) is 0 Å². The molecule has 1 fully saturated rings. The van der Waals surface area contributed by atoms with Crippen LogP contribution in [0.4, 0.5) is 24.5 Å². The summed E-state index contributed by atoms with van der Waals surface area (Å²) >= 11 is 3.17. The lowest BCUT2D eigenvalue weighted by Crippen LogP contribution is -2.33. The number of aryl methyl sites for hydroxylation is 1. The Kier molecular flexibility index (Phi) is 6.91. The summed E-state index contributed by atoms with van der Waals surface area (Å²) in [7, 11) is 0. The molecule has 0 saturated carbocycles. The van der Waals surface area contributed by atoms with Gasteiger partial charge in [-0.2, -0.15) is 13.2 Å². The number of hydrogen-bond acceptors (Lipinski definition) is 7. The molecule has 2 aliphatic rings. The number of thiophene rings is 1. The number of thiazole rings is 1. The van der Waals surface area contributed by atoms with E-state index in [0.29, 0.717) is 25.4 Å². The van der Waals surface area contributed by atoms with E-state index in [1.807, 2.05) is 19.1 Å². The van der Waals surface area contributed by atoms with Crippen LogP contribution in [0.15, 0.2) is 75.9 Å². The van der Waals surface area contributed by atoms with Crippen molar-refractivity contribution in [2.75, 3.05) is 10.2 Å². The summed E-state index contributed by atoms with van der Waals surface area (Å²) in [6, 6.07) is 15.2. The molecule has 0 aliphatic carbocycles. The van der Waals surface area contributed by atoms with E-state index in [9.17, 15) is 32.3 Å². The van der Waals surface area contributed by atoms with Crippen molar-refractivity contribution in [1.82, 2.24) is 4.57 Å². The van der Waals surface area contributed by atoms with Crippen LogP contribution < -0.4 is 15.1 Å². The molecule has 7 nitrogen and oxygen atoms in total. The fraction of sp³-hybridized carbons (Fsp3) is 0.214. The Morgan fingerprint density at radius 3 is 2.41 bits per heavy atom. The predicted molar refractivity (Wildman–Crippen MR) is 152 cm³/mol. The van der Waals surface area contributed by atoms with E-state index in [-0.39, 0.29) is 6.54 Å². The number of thioether (sulfide) groups is 1. The zero-order chi connectivity index (χ0) is 29.1. The van der Waals surface area contributed by atoms with E-state index in [0.717, 1.165) is 40.8 Å². The summed E-state index contributed by atoms with van der Waals surface area (Å²) in [5, 5.41) is 3.87. The summed E-state index contributed by atoms with van der Waals surface area (Å²) < 4.78 is 42.9. The van der Waals surface area contributed by atoms with Gasteiger partial charge < -0.3 is 5.32 Å². The molecule has 13 heteroatoms. The highest BCUT2D eigenvalue weighted by Crippen LogP contribution is 2.55. The lowest BCUT2D eigenvalue weighted by Gasteiger charge is -2.29. The van der Waals surface area contributed by atoms with E-state index in [4.69, 9.17) is 0 Å². The van der Waals surface area contributed by atoms with Crippen LogP contribution in [0.1, 0.15) is 26.8 Å². The first-order valence-corrected chi connectivity index (χ1v) is 15.0. The second kappa shape index (κ2) is 10.3. The van der Waals surface area contributed by atoms with Gasteiger partial charge in [-0.3, -0.25) is 23.7 Å². The van der Waals surface area contributed by atoms with Gasteiger partial charge in [-0.05, 0) is 42.1 Å². The van der Waals surface area contributed by atoms with Gasteiger partial charge in [0.2, 0.25) is 17.7 Å². The zero-order valence-corrected chi connectivity index (χ0v) is 23.6. The lowest BCUT2D eigenvalue weighted by molar-refractivity contribution is -0.137. The molecule has 6 rings (SSSR count). The van der Waals surface area contributed by atoms with Crippen molar-refractivity contribution >= 4 is 63.5 Å². The van der Waals surface area contributed by atoms with Crippen molar-refractivity contribution in [3.63, 3.8) is 0 Å². The smallest absolute Gasteiger partial charge is 0.324 e. The Morgan fingerprint density at radius 2 is 1.71 bits per heavy atom. The van der Waals surface area contributed by atoms with Gasteiger partial charge in [0, 0.05) is 21.4 Å². The van der Waals surface area contributed by atoms with E-state index >= 15 is 0 Å². The van der Waals surface area contributed by atoms with Crippen LogP contribution in [-0.2, 0) is 27.1 Å². The summed E-state index contributed by atoms with van der Waals surface area (Å²) in [5.74, 6) is -3.74. The van der Waals surface area contributed by atoms with Crippen LogP contribution in [-0.4, -0.2) is 27.5 Å². The molecular weight excluding hydrogens is 596 g/mol. The van der Waals surface area contributed by atoms with Crippen molar-refractivity contribution in [3.05, 3.63) is 96.6 Å². The van der Waals surface area contributed by atoms with Gasteiger partial charge in [0.15, 0.2) is 0 Å². The van der Waals surface area contributed by atoms with E-state index in [1.54, 1.807) is 29.6 Å². The molecule has 0 spiro atoms. The minimum Gasteiger partial charge on any atom is -0.324 e. The molecule has 4 aromatic rings. The highest BCUT2D eigenvalue weighted by molar-refractivity contribution is 8.00. The number of nitrogens with zero attached hydrogens (tertiary/aromatic N) is 2. The van der Waals surface area contributed by atoms with Gasteiger partial charge in [0.25, 0.3) is 0 Å². The minimum atomic E-state index is -4.78. The van der Waals surface area contributed by atoms with Gasteiger partial charge in [-0.25, -0.2) is 4.90 Å². The molecule has 4 heterocycles. The lowest BCUT2D eigenvalue weighted by atomic mass is 9.87. The van der Waals surface area contributed by atoms with Crippen LogP contribution >= 0.6 is 34.4 Å². The molecule has 2 aliphatic heterocycles. The average molecular weight is 616 g/mol. The second-order valence-electron chi connectivity index (χ2n) is 9.57. The van der Waals surface area contributed by atoms with Gasteiger partial charge >= 0.3 is 11.0 Å². The molecule has 3 atom stereocenters. The quantitative estimate of drug-likeness (QED) is 0.290. The number of carbonyl (C=O) groups is 3. The first kappa shape index (κ1) is 27.5. The number of amides is 3. The third kappa shape index (κ3) is 4.71. The number of rotatable bonds is 5. The first-order valence-electron chi connectivity index (χ1n) is 12.4. The monoisotopic (exact) mass is 615 g/mol. The maximum absolute atomic E-state index is 13.9. The topological polar surface area (TPSA) is 88.5 Å². The fourth-order valence-corrected chi connectivity index (χ4v) is 8.94. The molecule has 0 radical (unpaired) electrons. The number of carbonyl (C=O) groups excluding carboxylic acids is 3. The van der Waals surface area contributed by atoms with Gasteiger partial charge in [0.1, 0.15) is 11.8 Å². The molecule has 1 N–H and O–H groups in total. The number of alkyl halides is 3. The van der Waals surface area contributed by atoms with Crippen molar-refractivity contribution in [2.24, 2.45) is 5.92 Å². The Hall–Kier alpha value is -3.68. The van der Waals surface area contributed by atoms with Crippen LogP contribution in [0.25, 0.3) is 0 Å². The third-order valence-electron chi connectivity index (χ3n) is 7.07. The predicted octanol–water partition coefficient (Wildman–Crippen LogP) is 5.73. The summed E-state index contributed by atoms with van der Waals surface area (Å²) in [4.78, 5) is 55.2.